The summed E-state index contributed by atoms with van der Waals surface area (Å²) in [4.78, 5) is 24.9. The van der Waals surface area contributed by atoms with E-state index in [9.17, 15) is 9.59 Å². The van der Waals surface area contributed by atoms with Crippen LogP contribution in [0.15, 0.2) is 27.8 Å². The molecule has 1 aliphatic heterocycles. The molecule has 1 aliphatic rings. The zero-order chi connectivity index (χ0) is 15.7. The summed E-state index contributed by atoms with van der Waals surface area (Å²) in [6, 6.07) is 6.32. The third-order valence-electron chi connectivity index (χ3n) is 3.97. The molecule has 1 atom stereocenters. The second-order valence-corrected chi connectivity index (χ2v) is 5.18. The minimum atomic E-state index is -0.553. The van der Waals surface area contributed by atoms with Gasteiger partial charge in [0.05, 0.1) is 0 Å². The van der Waals surface area contributed by atoms with Crippen molar-refractivity contribution in [1.29, 1.82) is 0 Å². The lowest BCUT2D eigenvalue weighted by atomic mass is 10.0. The topological polar surface area (TPSA) is 63.4 Å². The van der Waals surface area contributed by atoms with E-state index in [1.165, 1.54) is 11.1 Å². The second kappa shape index (κ2) is 5.72. The SMILES string of the molecule is CC.CCc1ccc2c(c1)N(c1c(N)c(=O)c1=O)CC2C. The average molecular weight is 286 g/mol. The molecular formula is C17H22N2O2. The highest BCUT2D eigenvalue weighted by atomic mass is 16.2. The highest BCUT2D eigenvalue weighted by molar-refractivity contribution is 5.82. The van der Waals surface area contributed by atoms with Gasteiger partial charge < -0.3 is 10.6 Å². The van der Waals surface area contributed by atoms with Crippen molar-refractivity contribution in [2.24, 2.45) is 0 Å². The molecule has 112 valence electrons. The van der Waals surface area contributed by atoms with Crippen LogP contribution in [0.5, 0.6) is 0 Å². The van der Waals surface area contributed by atoms with Crippen LogP contribution in [-0.2, 0) is 6.42 Å². The van der Waals surface area contributed by atoms with Crippen molar-refractivity contribution in [3.63, 3.8) is 0 Å². The zero-order valence-electron chi connectivity index (χ0n) is 13.1. The van der Waals surface area contributed by atoms with E-state index in [0.29, 0.717) is 18.2 Å². The Labute approximate surface area is 124 Å². The summed E-state index contributed by atoms with van der Waals surface area (Å²) in [6.45, 7) is 8.92. The van der Waals surface area contributed by atoms with Crippen molar-refractivity contribution in [3.05, 3.63) is 49.8 Å². The Bertz CT molecular complexity index is 727. The van der Waals surface area contributed by atoms with Gasteiger partial charge in [-0.15, -0.1) is 0 Å². The Hall–Kier alpha value is -2.10. The number of nitrogen functional groups attached to an aromatic ring is 1. The molecule has 0 fully saturated rings. The van der Waals surface area contributed by atoms with Gasteiger partial charge in [0.1, 0.15) is 11.4 Å². The highest BCUT2D eigenvalue weighted by Gasteiger charge is 2.32. The summed E-state index contributed by atoms with van der Waals surface area (Å²) < 4.78 is 0. The maximum absolute atomic E-state index is 11.7. The molecule has 0 aliphatic carbocycles. The molecule has 21 heavy (non-hydrogen) atoms. The lowest BCUT2D eigenvalue weighted by Gasteiger charge is -2.22. The van der Waals surface area contributed by atoms with Crippen LogP contribution < -0.4 is 21.5 Å². The van der Waals surface area contributed by atoms with Gasteiger partial charge in [-0.3, -0.25) is 9.59 Å². The Kier molecular flexibility index (Phi) is 4.16. The molecule has 0 saturated heterocycles. The van der Waals surface area contributed by atoms with E-state index in [4.69, 9.17) is 5.73 Å². The van der Waals surface area contributed by atoms with Crippen LogP contribution in [0.2, 0.25) is 0 Å². The summed E-state index contributed by atoms with van der Waals surface area (Å²) in [5, 5.41) is 0. The first-order valence-corrected chi connectivity index (χ1v) is 7.53. The quantitative estimate of drug-likeness (QED) is 0.862. The predicted molar refractivity (Wildman–Crippen MR) is 88.4 cm³/mol. The Morgan fingerprint density at radius 2 is 1.90 bits per heavy atom. The molecule has 4 heteroatoms. The molecule has 0 spiro atoms. The van der Waals surface area contributed by atoms with E-state index in [1.807, 2.05) is 18.7 Å². The first-order chi connectivity index (χ1) is 10.0. The van der Waals surface area contributed by atoms with E-state index in [2.05, 4.69) is 32.0 Å². The minimum Gasteiger partial charge on any atom is -0.394 e. The number of rotatable bonds is 2. The third-order valence-corrected chi connectivity index (χ3v) is 3.97. The second-order valence-electron chi connectivity index (χ2n) is 5.18. The van der Waals surface area contributed by atoms with Crippen LogP contribution in [0.1, 0.15) is 44.7 Å². The first kappa shape index (κ1) is 15.3. The molecule has 2 N–H and O–H groups in total. The van der Waals surface area contributed by atoms with Crippen molar-refractivity contribution < 1.29 is 0 Å². The maximum Gasteiger partial charge on any atom is 0.253 e. The smallest absolute Gasteiger partial charge is 0.253 e. The van der Waals surface area contributed by atoms with E-state index < -0.39 is 10.9 Å². The van der Waals surface area contributed by atoms with Gasteiger partial charge in [-0.25, -0.2) is 0 Å². The largest absolute Gasteiger partial charge is 0.394 e. The molecule has 4 nitrogen and oxygen atoms in total. The van der Waals surface area contributed by atoms with Gasteiger partial charge in [0.2, 0.25) is 0 Å². The predicted octanol–water partition coefficient (Wildman–Crippen LogP) is 2.71. The van der Waals surface area contributed by atoms with Crippen molar-refractivity contribution in [2.45, 2.75) is 40.0 Å². The van der Waals surface area contributed by atoms with Gasteiger partial charge in [-0.1, -0.05) is 39.8 Å². The zero-order valence-corrected chi connectivity index (χ0v) is 13.1. The Balaban J connectivity index is 0.000000774. The molecule has 0 amide bonds. The normalized spacial score (nSPS) is 16.6. The van der Waals surface area contributed by atoms with Crippen LogP contribution in [0.3, 0.4) is 0 Å². The van der Waals surface area contributed by atoms with E-state index >= 15 is 0 Å². The fourth-order valence-corrected chi connectivity index (χ4v) is 2.81. The van der Waals surface area contributed by atoms with Crippen LogP contribution in [0.4, 0.5) is 17.1 Å². The number of nitrogens with two attached hydrogens (primary N) is 1. The number of aryl methyl sites for hydroxylation is 1. The third kappa shape index (κ3) is 2.24. The molecule has 1 unspecified atom stereocenters. The van der Waals surface area contributed by atoms with Crippen molar-refractivity contribution in [1.82, 2.24) is 0 Å². The van der Waals surface area contributed by atoms with Gasteiger partial charge in [-0.05, 0) is 23.6 Å². The summed E-state index contributed by atoms with van der Waals surface area (Å²) in [5.41, 5.74) is 8.60. The highest BCUT2D eigenvalue weighted by Crippen LogP contribution is 2.41. The molecule has 0 aromatic heterocycles. The molecular weight excluding hydrogens is 264 g/mol. The maximum atomic E-state index is 11.7. The molecule has 3 rings (SSSR count). The number of benzene rings is 1. The van der Waals surface area contributed by atoms with Crippen LogP contribution in [0, 0.1) is 0 Å². The van der Waals surface area contributed by atoms with Gasteiger partial charge in [0.25, 0.3) is 10.9 Å². The molecule has 0 radical (unpaired) electrons. The number of fused-ring (bicyclic) bond motifs is 1. The van der Waals surface area contributed by atoms with Crippen LogP contribution in [-0.4, -0.2) is 6.54 Å². The lowest BCUT2D eigenvalue weighted by molar-refractivity contribution is 0.811. The van der Waals surface area contributed by atoms with Gasteiger partial charge in [0.15, 0.2) is 0 Å². The van der Waals surface area contributed by atoms with Gasteiger partial charge in [-0.2, -0.15) is 0 Å². The standard InChI is InChI=1S/C15H16N2O2.C2H6/c1-3-9-4-5-10-8(2)7-17(11(10)6-9)13-12(16)14(18)15(13)19;1-2/h4-6,8H,3,7,16H2,1-2H3;1-2H3. The minimum absolute atomic E-state index is 0.104. The van der Waals surface area contributed by atoms with Crippen molar-refractivity contribution in [2.75, 3.05) is 17.2 Å². The molecule has 1 heterocycles. The van der Waals surface area contributed by atoms with Crippen molar-refractivity contribution in [3.8, 4) is 0 Å². The van der Waals surface area contributed by atoms with Crippen molar-refractivity contribution >= 4 is 17.1 Å². The fraction of sp³-hybridized carbons (Fsp3) is 0.412. The van der Waals surface area contributed by atoms with Crippen LogP contribution in [0.25, 0.3) is 0 Å². The van der Waals surface area contributed by atoms with Crippen LogP contribution >= 0.6 is 0 Å². The molecule has 0 bridgehead atoms. The summed E-state index contributed by atoms with van der Waals surface area (Å²) >= 11 is 0. The monoisotopic (exact) mass is 286 g/mol. The molecule has 2 aromatic carbocycles. The average Bonchev–Trinajstić information content (AvgIpc) is 2.85. The Morgan fingerprint density at radius 1 is 1.24 bits per heavy atom. The first-order valence-electron chi connectivity index (χ1n) is 7.53. The molecule has 0 saturated carbocycles. The number of anilines is 3. The summed E-state index contributed by atoms with van der Waals surface area (Å²) in [6.07, 6.45) is 0.941. The number of nitrogens with zero attached hydrogens (tertiary/aromatic N) is 1. The Morgan fingerprint density at radius 3 is 2.48 bits per heavy atom. The number of hydrogen-bond acceptors (Lipinski definition) is 4. The van der Waals surface area contributed by atoms with Gasteiger partial charge in [0, 0.05) is 18.2 Å². The lowest BCUT2D eigenvalue weighted by Crippen LogP contribution is -2.40. The van der Waals surface area contributed by atoms with E-state index in [1.54, 1.807) is 0 Å². The van der Waals surface area contributed by atoms with E-state index in [-0.39, 0.29) is 5.69 Å². The van der Waals surface area contributed by atoms with E-state index in [0.717, 1.165) is 12.1 Å². The molecule has 2 aromatic rings. The number of hydrogen-bond donors (Lipinski definition) is 1. The van der Waals surface area contributed by atoms with Gasteiger partial charge >= 0.3 is 0 Å². The summed E-state index contributed by atoms with van der Waals surface area (Å²) in [7, 11) is 0. The summed E-state index contributed by atoms with van der Waals surface area (Å²) in [5.74, 6) is 0.338. The fourth-order valence-electron chi connectivity index (χ4n) is 2.81.